The summed E-state index contributed by atoms with van der Waals surface area (Å²) in [7, 11) is 0. The number of unbranched alkanes of at least 4 members (excludes halogenated alkanes) is 8. The molecule has 0 radical (unpaired) electrons. The van der Waals surface area contributed by atoms with Crippen LogP contribution in [0.25, 0.3) is 0 Å². The van der Waals surface area contributed by atoms with Crippen molar-refractivity contribution in [3.63, 3.8) is 0 Å². The maximum atomic E-state index is 10.6. The number of aryl methyl sites for hydroxylation is 2. The van der Waals surface area contributed by atoms with Crippen LogP contribution in [0.4, 0.5) is 0 Å². The van der Waals surface area contributed by atoms with Crippen molar-refractivity contribution >= 4 is 11.9 Å². The van der Waals surface area contributed by atoms with Crippen LogP contribution in [0.15, 0.2) is 18.2 Å². The predicted octanol–water partition coefficient (Wildman–Crippen LogP) is 6.92. The van der Waals surface area contributed by atoms with Gasteiger partial charge < -0.3 is 10.2 Å². The van der Waals surface area contributed by atoms with E-state index in [0.717, 1.165) is 77.0 Å². The van der Waals surface area contributed by atoms with Crippen LogP contribution in [0.2, 0.25) is 0 Å². The zero-order valence-corrected chi connectivity index (χ0v) is 19.3. The molecule has 1 aromatic carbocycles. The second-order valence-corrected chi connectivity index (χ2v) is 9.56. The van der Waals surface area contributed by atoms with Gasteiger partial charge in [0.05, 0.1) is 0 Å². The maximum Gasteiger partial charge on any atom is 0.303 e. The molecule has 170 valence electrons. The minimum absolute atomic E-state index is 0.147. The second-order valence-electron chi connectivity index (χ2n) is 9.56. The van der Waals surface area contributed by atoms with E-state index in [2.05, 4.69) is 39.0 Å². The molecule has 0 aromatic heterocycles. The number of aliphatic carboxylic acids is 2. The number of carboxylic acids is 2. The minimum Gasteiger partial charge on any atom is -0.481 e. The van der Waals surface area contributed by atoms with E-state index in [-0.39, 0.29) is 18.3 Å². The molecule has 0 aliphatic heterocycles. The Morgan fingerprint density at radius 3 is 1.57 bits per heavy atom. The Morgan fingerprint density at radius 1 is 0.667 bits per heavy atom. The topological polar surface area (TPSA) is 74.6 Å². The average molecular weight is 419 g/mol. The number of hydrogen-bond acceptors (Lipinski definition) is 2. The van der Waals surface area contributed by atoms with Crippen molar-refractivity contribution in [2.45, 2.75) is 116 Å². The highest BCUT2D eigenvalue weighted by molar-refractivity contribution is 5.66. The van der Waals surface area contributed by atoms with Gasteiger partial charge in [-0.25, -0.2) is 0 Å². The van der Waals surface area contributed by atoms with Crippen LogP contribution in [0.3, 0.4) is 0 Å². The molecule has 0 saturated carbocycles. The molecule has 4 nitrogen and oxygen atoms in total. The van der Waals surface area contributed by atoms with Crippen LogP contribution in [0.1, 0.15) is 115 Å². The molecule has 1 aromatic rings. The van der Waals surface area contributed by atoms with E-state index in [4.69, 9.17) is 10.2 Å². The van der Waals surface area contributed by atoms with Crippen molar-refractivity contribution in [1.29, 1.82) is 0 Å². The summed E-state index contributed by atoms with van der Waals surface area (Å²) in [5.41, 5.74) is 4.46. The predicted molar refractivity (Wildman–Crippen MR) is 123 cm³/mol. The summed E-state index contributed by atoms with van der Waals surface area (Å²) < 4.78 is 0. The minimum atomic E-state index is -0.694. The lowest BCUT2D eigenvalue weighted by molar-refractivity contribution is -0.138. The fourth-order valence-electron chi connectivity index (χ4n) is 3.81. The third kappa shape index (κ3) is 12.0. The molecular weight excluding hydrogens is 376 g/mol. The normalized spacial score (nSPS) is 11.6. The molecule has 0 aliphatic carbocycles. The average Bonchev–Trinajstić information content (AvgIpc) is 2.65. The first-order chi connectivity index (χ1) is 14.2. The summed E-state index contributed by atoms with van der Waals surface area (Å²) in [6, 6.07) is 6.98. The van der Waals surface area contributed by atoms with Gasteiger partial charge in [-0.15, -0.1) is 0 Å². The van der Waals surface area contributed by atoms with Crippen molar-refractivity contribution in [3.05, 3.63) is 34.9 Å². The van der Waals surface area contributed by atoms with Crippen LogP contribution in [0, 0.1) is 0 Å². The van der Waals surface area contributed by atoms with Crippen LogP contribution in [-0.4, -0.2) is 22.2 Å². The van der Waals surface area contributed by atoms with Gasteiger partial charge in [-0.3, -0.25) is 9.59 Å². The third-order valence-corrected chi connectivity index (χ3v) is 5.75. The molecule has 0 unspecified atom stereocenters. The van der Waals surface area contributed by atoms with Gasteiger partial charge in [-0.2, -0.15) is 0 Å². The number of carbonyl (C=O) groups is 2. The fraction of sp³-hybridized carbons (Fsp3) is 0.692. The summed E-state index contributed by atoms with van der Waals surface area (Å²) in [5.74, 6) is -1.39. The molecule has 0 heterocycles. The Kier molecular flexibility index (Phi) is 12.4. The molecule has 4 heteroatoms. The van der Waals surface area contributed by atoms with Crippen LogP contribution < -0.4 is 0 Å². The smallest absolute Gasteiger partial charge is 0.303 e. The van der Waals surface area contributed by atoms with Crippen molar-refractivity contribution in [3.8, 4) is 0 Å². The van der Waals surface area contributed by atoms with Gasteiger partial charge in [0.2, 0.25) is 0 Å². The Bertz CT molecular complexity index is 643. The molecule has 0 amide bonds. The summed E-state index contributed by atoms with van der Waals surface area (Å²) in [4.78, 5) is 21.2. The van der Waals surface area contributed by atoms with E-state index in [9.17, 15) is 9.59 Å². The monoisotopic (exact) mass is 418 g/mol. The first-order valence-electron chi connectivity index (χ1n) is 11.8. The fourth-order valence-corrected chi connectivity index (χ4v) is 3.81. The quantitative estimate of drug-likeness (QED) is 0.286. The molecule has 0 saturated heterocycles. The summed E-state index contributed by atoms with van der Waals surface area (Å²) in [6.07, 6.45) is 13.2. The van der Waals surface area contributed by atoms with Crippen LogP contribution >= 0.6 is 0 Å². The van der Waals surface area contributed by atoms with E-state index in [1.165, 1.54) is 16.7 Å². The highest BCUT2D eigenvalue weighted by Crippen LogP contribution is 2.27. The largest absolute Gasteiger partial charge is 0.481 e. The molecular formula is C26H42O4. The first kappa shape index (κ1) is 26.2. The van der Waals surface area contributed by atoms with Gasteiger partial charge in [0.1, 0.15) is 0 Å². The van der Waals surface area contributed by atoms with E-state index in [0.29, 0.717) is 0 Å². The SMILES string of the molecule is CC(C)(C)c1ccc(CCCCCCCC(=O)O)c(CCCCCCCC(=O)O)c1. The van der Waals surface area contributed by atoms with Crippen molar-refractivity contribution in [1.82, 2.24) is 0 Å². The lowest BCUT2D eigenvalue weighted by atomic mass is 9.83. The third-order valence-electron chi connectivity index (χ3n) is 5.75. The number of hydrogen-bond donors (Lipinski definition) is 2. The lowest BCUT2D eigenvalue weighted by Crippen LogP contribution is -2.12. The summed E-state index contributed by atoms with van der Waals surface area (Å²) >= 11 is 0. The van der Waals surface area contributed by atoms with Crippen molar-refractivity contribution in [2.75, 3.05) is 0 Å². The van der Waals surface area contributed by atoms with Crippen molar-refractivity contribution in [2.24, 2.45) is 0 Å². The highest BCUT2D eigenvalue weighted by Gasteiger charge is 2.15. The zero-order chi connectivity index (χ0) is 22.4. The zero-order valence-electron chi connectivity index (χ0n) is 19.3. The van der Waals surface area contributed by atoms with Gasteiger partial charge in [0, 0.05) is 12.8 Å². The highest BCUT2D eigenvalue weighted by atomic mass is 16.4. The number of carboxylic acid groups (broad SMARTS) is 2. The van der Waals surface area contributed by atoms with Gasteiger partial charge >= 0.3 is 11.9 Å². The molecule has 0 fully saturated rings. The van der Waals surface area contributed by atoms with Gasteiger partial charge in [-0.05, 0) is 60.6 Å². The molecule has 1 rings (SSSR count). The van der Waals surface area contributed by atoms with Gasteiger partial charge in [0.15, 0.2) is 0 Å². The van der Waals surface area contributed by atoms with Crippen molar-refractivity contribution < 1.29 is 19.8 Å². The molecule has 0 aliphatic rings. The molecule has 0 atom stereocenters. The van der Waals surface area contributed by atoms with E-state index >= 15 is 0 Å². The van der Waals surface area contributed by atoms with E-state index in [1.54, 1.807) is 0 Å². The van der Waals surface area contributed by atoms with Gasteiger partial charge in [0.25, 0.3) is 0 Å². The Balaban J connectivity index is 2.48. The summed E-state index contributed by atoms with van der Waals surface area (Å²) in [6.45, 7) is 6.77. The Labute approximate surface area is 183 Å². The Hall–Kier alpha value is -1.84. The number of benzene rings is 1. The van der Waals surface area contributed by atoms with Crippen LogP contribution in [-0.2, 0) is 27.8 Å². The lowest BCUT2D eigenvalue weighted by Gasteiger charge is -2.21. The van der Waals surface area contributed by atoms with Crippen LogP contribution in [0.5, 0.6) is 0 Å². The van der Waals surface area contributed by atoms with E-state index in [1.807, 2.05) is 0 Å². The Morgan fingerprint density at radius 2 is 1.10 bits per heavy atom. The molecule has 30 heavy (non-hydrogen) atoms. The first-order valence-corrected chi connectivity index (χ1v) is 11.8. The number of rotatable bonds is 16. The molecule has 0 spiro atoms. The maximum absolute atomic E-state index is 10.6. The molecule has 0 bridgehead atoms. The second kappa shape index (κ2) is 14.2. The molecule has 2 N–H and O–H groups in total. The van der Waals surface area contributed by atoms with E-state index < -0.39 is 11.9 Å². The standard InChI is InChI=1S/C26H42O4/c1-26(2,3)23-19-18-21(14-10-6-4-8-12-16-24(27)28)22(20-23)15-11-7-5-9-13-17-25(29)30/h18-20H,4-17H2,1-3H3,(H,27,28)(H,29,30). The summed E-state index contributed by atoms with van der Waals surface area (Å²) in [5, 5.41) is 17.4. The van der Waals surface area contributed by atoms with Gasteiger partial charge in [-0.1, -0.05) is 77.5 Å².